The topological polar surface area (TPSA) is 59.0 Å². The summed E-state index contributed by atoms with van der Waals surface area (Å²) in [6, 6.07) is 6.38. The molecule has 1 atom stereocenters. The first-order valence-electron chi connectivity index (χ1n) is 8.38. The van der Waals surface area contributed by atoms with Crippen LogP contribution in [0.2, 0.25) is 0 Å². The molecule has 0 radical (unpaired) electrons. The highest BCUT2D eigenvalue weighted by Gasteiger charge is 2.28. The number of benzene rings is 1. The van der Waals surface area contributed by atoms with E-state index in [-0.39, 0.29) is 12.0 Å². The van der Waals surface area contributed by atoms with Gasteiger partial charge in [0.25, 0.3) is 0 Å². The molecule has 1 saturated heterocycles. The van der Waals surface area contributed by atoms with Crippen molar-refractivity contribution in [3.05, 3.63) is 23.8 Å². The highest BCUT2D eigenvalue weighted by Crippen LogP contribution is 2.35. The minimum atomic E-state index is -0.666. The second-order valence-corrected chi connectivity index (χ2v) is 5.92. The number of rotatable bonds is 7. The summed E-state index contributed by atoms with van der Waals surface area (Å²) < 4.78 is 11.0. The highest BCUT2D eigenvalue weighted by atomic mass is 16.5. The third kappa shape index (κ3) is 4.16. The van der Waals surface area contributed by atoms with Gasteiger partial charge in [-0.05, 0) is 57.0 Å². The van der Waals surface area contributed by atoms with Crippen molar-refractivity contribution in [3.8, 4) is 11.5 Å². The Morgan fingerprint density at radius 3 is 2.52 bits per heavy atom. The van der Waals surface area contributed by atoms with Crippen LogP contribution in [0, 0.1) is 5.92 Å². The highest BCUT2D eigenvalue weighted by molar-refractivity contribution is 5.70. The molecule has 1 aliphatic heterocycles. The summed E-state index contributed by atoms with van der Waals surface area (Å²) in [5.74, 6) is 0.654. The van der Waals surface area contributed by atoms with Gasteiger partial charge in [-0.15, -0.1) is 0 Å². The van der Waals surface area contributed by atoms with Gasteiger partial charge in [-0.2, -0.15) is 0 Å². The van der Waals surface area contributed by atoms with Gasteiger partial charge in [0.2, 0.25) is 0 Å². The number of nitrogens with zero attached hydrogens (tertiary/aromatic N) is 1. The standard InChI is InChI=1S/C18H27NO4/c1-4-15(19-10-8-13(9-11-19)18(20)21)14-6-7-16(22-3)17(12-14)23-5-2/h6-7,12-13,15H,4-5,8-11H2,1-3H3,(H,20,21). The average molecular weight is 321 g/mol. The largest absolute Gasteiger partial charge is 0.493 e. The molecule has 23 heavy (non-hydrogen) atoms. The van der Waals surface area contributed by atoms with Gasteiger partial charge in [0.05, 0.1) is 19.6 Å². The Balaban J connectivity index is 2.14. The number of piperidine rings is 1. The molecule has 0 bridgehead atoms. The van der Waals surface area contributed by atoms with Crippen LogP contribution in [0.5, 0.6) is 11.5 Å². The van der Waals surface area contributed by atoms with Crippen molar-refractivity contribution < 1.29 is 19.4 Å². The fourth-order valence-electron chi connectivity index (χ4n) is 3.33. The van der Waals surface area contributed by atoms with Crippen LogP contribution in [0.1, 0.15) is 44.7 Å². The van der Waals surface area contributed by atoms with Gasteiger partial charge in [0.15, 0.2) is 11.5 Å². The van der Waals surface area contributed by atoms with Crippen LogP contribution in [0.4, 0.5) is 0 Å². The molecule has 5 heteroatoms. The van der Waals surface area contributed by atoms with Crippen molar-refractivity contribution >= 4 is 5.97 Å². The minimum Gasteiger partial charge on any atom is -0.493 e. The maximum absolute atomic E-state index is 11.1. The van der Waals surface area contributed by atoms with Crippen LogP contribution in [-0.2, 0) is 4.79 Å². The van der Waals surface area contributed by atoms with Crippen molar-refractivity contribution in [1.82, 2.24) is 4.90 Å². The molecule has 1 aromatic rings. The molecule has 0 aliphatic carbocycles. The number of carbonyl (C=O) groups is 1. The molecule has 1 fully saturated rings. The number of carboxylic acids is 1. The first kappa shape index (κ1) is 17.6. The predicted molar refractivity (Wildman–Crippen MR) is 89.1 cm³/mol. The summed E-state index contributed by atoms with van der Waals surface area (Å²) in [5, 5.41) is 9.14. The predicted octanol–water partition coefficient (Wildman–Crippen LogP) is 3.34. The molecule has 1 aliphatic rings. The summed E-state index contributed by atoms with van der Waals surface area (Å²) >= 11 is 0. The number of likely N-dealkylation sites (tertiary alicyclic amines) is 1. The number of hydrogen-bond donors (Lipinski definition) is 1. The lowest BCUT2D eigenvalue weighted by molar-refractivity contribution is -0.143. The van der Waals surface area contributed by atoms with E-state index in [2.05, 4.69) is 24.0 Å². The molecular weight excluding hydrogens is 294 g/mol. The van der Waals surface area contributed by atoms with Crippen molar-refractivity contribution in [3.63, 3.8) is 0 Å². The zero-order chi connectivity index (χ0) is 16.8. The van der Waals surface area contributed by atoms with E-state index in [1.54, 1.807) is 7.11 Å². The summed E-state index contributed by atoms with van der Waals surface area (Å²) in [4.78, 5) is 13.5. The first-order valence-corrected chi connectivity index (χ1v) is 8.38. The summed E-state index contributed by atoms with van der Waals surface area (Å²) in [6.45, 7) is 6.37. The molecule has 0 saturated carbocycles. The monoisotopic (exact) mass is 321 g/mol. The Bertz CT molecular complexity index is 524. The summed E-state index contributed by atoms with van der Waals surface area (Å²) in [7, 11) is 1.64. The van der Waals surface area contributed by atoms with Gasteiger partial charge in [-0.1, -0.05) is 13.0 Å². The fourth-order valence-corrected chi connectivity index (χ4v) is 3.33. The van der Waals surface area contributed by atoms with E-state index < -0.39 is 5.97 Å². The second-order valence-electron chi connectivity index (χ2n) is 5.92. The van der Waals surface area contributed by atoms with Crippen LogP contribution in [-0.4, -0.2) is 42.8 Å². The SMILES string of the molecule is CCOc1cc(C(CC)N2CCC(C(=O)O)CC2)ccc1OC. The molecule has 0 spiro atoms. The van der Waals surface area contributed by atoms with Crippen LogP contribution < -0.4 is 9.47 Å². The minimum absolute atomic E-state index is 0.196. The Morgan fingerprint density at radius 1 is 1.30 bits per heavy atom. The number of carboxylic acid groups (broad SMARTS) is 1. The third-order valence-corrected chi connectivity index (χ3v) is 4.58. The average Bonchev–Trinajstić information content (AvgIpc) is 2.56. The summed E-state index contributed by atoms with van der Waals surface area (Å²) in [5.41, 5.74) is 1.20. The Kier molecular flexibility index (Phi) is 6.28. The van der Waals surface area contributed by atoms with E-state index in [0.29, 0.717) is 6.61 Å². The maximum atomic E-state index is 11.1. The zero-order valence-electron chi connectivity index (χ0n) is 14.2. The number of hydrogen-bond acceptors (Lipinski definition) is 4. The van der Waals surface area contributed by atoms with E-state index in [4.69, 9.17) is 14.6 Å². The lowest BCUT2D eigenvalue weighted by Gasteiger charge is -2.36. The van der Waals surface area contributed by atoms with Crippen molar-refractivity contribution in [2.75, 3.05) is 26.8 Å². The Morgan fingerprint density at radius 2 is 2.00 bits per heavy atom. The van der Waals surface area contributed by atoms with Crippen molar-refractivity contribution in [2.24, 2.45) is 5.92 Å². The molecule has 1 N–H and O–H groups in total. The molecular formula is C18H27NO4. The van der Waals surface area contributed by atoms with Crippen LogP contribution >= 0.6 is 0 Å². The van der Waals surface area contributed by atoms with Gasteiger partial charge in [-0.25, -0.2) is 0 Å². The Labute approximate surface area is 138 Å². The number of aliphatic carboxylic acids is 1. The van der Waals surface area contributed by atoms with Gasteiger partial charge < -0.3 is 14.6 Å². The van der Waals surface area contributed by atoms with E-state index in [9.17, 15) is 4.79 Å². The molecule has 1 unspecified atom stereocenters. The number of methoxy groups -OCH3 is 1. The lowest BCUT2D eigenvalue weighted by atomic mass is 9.93. The van der Waals surface area contributed by atoms with E-state index in [0.717, 1.165) is 43.9 Å². The maximum Gasteiger partial charge on any atom is 0.306 e. The lowest BCUT2D eigenvalue weighted by Crippen LogP contribution is -2.38. The summed E-state index contributed by atoms with van der Waals surface area (Å²) in [6.07, 6.45) is 2.43. The fraction of sp³-hybridized carbons (Fsp3) is 0.611. The smallest absolute Gasteiger partial charge is 0.306 e. The Hall–Kier alpha value is -1.75. The van der Waals surface area contributed by atoms with Gasteiger partial charge >= 0.3 is 5.97 Å². The molecule has 2 rings (SSSR count). The van der Waals surface area contributed by atoms with Gasteiger partial charge in [-0.3, -0.25) is 9.69 Å². The van der Waals surface area contributed by atoms with E-state index in [1.807, 2.05) is 13.0 Å². The van der Waals surface area contributed by atoms with Crippen LogP contribution in [0.3, 0.4) is 0 Å². The van der Waals surface area contributed by atoms with Gasteiger partial charge in [0.1, 0.15) is 0 Å². The van der Waals surface area contributed by atoms with E-state index in [1.165, 1.54) is 5.56 Å². The quantitative estimate of drug-likeness (QED) is 0.834. The molecule has 1 aromatic carbocycles. The van der Waals surface area contributed by atoms with E-state index >= 15 is 0 Å². The molecule has 1 heterocycles. The number of ether oxygens (including phenoxy) is 2. The van der Waals surface area contributed by atoms with Crippen LogP contribution in [0.25, 0.3) is 0 Å². The molecule has 0 aromatic heterocycles. The van der Waals surface area contributed by atoms with Crippen molar-refractivity contribution in [2.45, 2.75) is 39.2 Å². The zero-order valence-corrected chi connectivity index (χ0v) is 14.2. The van der Waals surface area contributed by atoms with Gasteiger partial charge in [0, 0.05) is 6.04 Å². The molecule has 128 valence electrons. The van der Waals surface area contributed by atoms with Crippen molar-refractivity contribution in [1.29, 1.82) is 0 Å². The molecule has 5 nitrogen and oxygen atoms in total. The molecule has 0 amide bonds. The van der Waals surface area contributed by atoms with Crippen LogP contribution in [0.15, 0.2) is 18.2 Å². The first-order chi connectivity index (χ1) is 11.1. The third-order valence-electron chi connectivity index (χ3n) is 4.58. The normalized spacial score (nSPS) is 17.7. The second kappa shape index (κ2) is 8.20.